The van der Waals surface area contributed by atoms with E-state index in [4.69, 9.17) is 23.5 Å². The van der Waals surface area contributed by atoms with Crippen LogP contribution in [0.15, 0.2) is 0 Å². The van der Waals surface area contributed by atoms with E-state index in [1.54, 1.807) is 0 Å². The van der Waals surface area contributed by atoms with E-state index < -0.39 is 59.8 Å². The van der Waals surface area contributed by atoms with Gasteiger partial charge in [0, 0.05) is 13.0 Å². The molecule has 6 unspecified atom stereocenters. The fourth-order valence-electron chi connectivity index (χ4n) is 6.91. The minimum absolute atomic E-state index is 0.0423. The highest BCUT2D eigenvalue weighted by molar-refractivity contribution is 7.80. The van der Waals surface area contributed by atoms with Gasteiger partial charge < -0.3 is 34.3 Å². The van der Waals surface area contributed by atoms with Gasteiger partial charge in [0.25, 0.3) is 0 Å². The van der Waals surface area contributed by atoms with Gasteiger partial charge in [0.15, 0.2) is 6.29 Å². The van der Waals surface area contributed by atoms with E-state index in [0.29, 0.717) is 13.0 Å². The van der Waals surface area contributed by atoms with Gasteiger partial charge in [0.2, 0.25) is 0 Å². The number of carbonyl (C=O) groups is 1. The van der Waals surface area contributed by atoms with Crippen molar-refractivity contribution in [2.75, 3.05) is 26.4 Å². The minimum atomic E-state index is -5.05. The van der Waals surface area contributed by atoms with E-state index >= 15 is 0 Å². The number of hydrogen-bond donors (Lipinski definition) is 4. The first-order valence-corrected chi connectivity index (χ1v) is 23.2. The molecule has 1 heterocycles. The standard InChI is InChI=1S/C41H80O12S/c1-3-5-7-9-11-12-13-14-15-16-17-18-19-20-21-22-23-24-26-28-30-37(43)51-35(33-49-31-29-27-25-10-8-6-4-2)34-50-41-39(45)40(53-54(46,47)48)38(44)36(32-42)52-41/h35-36,38-42,44-45H,3-34H2,1-2H3,(H,46,47,48). The van der Waals surface area contributed by atoms with Crippen LogP contribution in [0.25, 0.3) is 0 Å². The van der Waals surface area contributed by atoms with Gasteiger partial charge in [-0.15, -0.1) is 0 Å². The van der Waals surface area contributed by atoms with Crippen molar-refractivity contribution in [1.82, 2.24) is 0 Å². The van der Waals surface area contributed by atoms with Crippen LogP contribution in [0.2, 0.25) is 0 Å². The maximum Gasteiger partial charge on any atom is 0.397 e. The van der Waals surface area contributed by atoms with Gasteiger partial charge in [0.1, 0.15) is 30.5 Å². The minimum Gasteiger partial charge on any atom is -0.457 e. The van der Waals surface area contributed by atoms with Crippen molar-refractivity contribution in [3.05, 3.63) is 0 Å². The maximum absolute atomic E-state index is 12.8. The molecular formula is C41H80O12S. The fraction of sp³-hybridized carbons (Fsp3) is 0.976. The number of esters is 1. The molecule has 1 fully saturated rings. The Morgan fingerprint density at radius 2 is 1.06 bits per heavy atom. The number of unbranched alkanes of at least 4 members (excludes halogenated alkanes) is 25. The molecular weight excluding hydrogens is 717 g/mol. The van der Waals surface area contributed by atoms with Gasteiger partial charge in [-0.2, -0.15) is 8.42 Å². The van der Waals surface area contributed by atoms with E-state index in [1.807, 2.05) is 0 Å². The zero-order chi connectivity index (χ0) is 39.7. The highest BCUT2D eigenvalue weighted by Crippen LogP contribution is 2.26. The third-order valence-corrected chi connectivity index (χ3v) is 10.7. The van der Waals surface area contributed by atoms with Gasteiger partial charge in [0.05, 0.1) is 19.8 Å². The summed E-state index contributed by atoms with van der Waals surface area (Å²) in [5.74, 6) is -0.396. The molecule has 0 radical (unpaired) electrons. The Morgan fingerprint density at radius 1 is 0.630 bits per heavy atom. The SMILES string of the molecule is CCCCCCCCCCCCCCCCCCCCCCC(=O)OC(COCCCCCCCCC)COC1OC(CO)C(O)C(OS(=O)(=O)O)C1O. The maximum atomic E-state index is 12.8. The van der Waals surface area contributed by atoms with Gasteiger partial charge in [-0.25, -0.2) is 4.18 Å². The van der Waals surface area contributed by atoms with E-state index in [1.165, 1.54) is 128 Å². The summed E-state index contributed by atoms with van der Waals surface area (Å²) in [4.78, 5) is 12.8. The van der Waals surface area contributed by atoms with Crippen molar-refractivity contribution in [3.8, 4) is 0 Å². The molecule has 1 rings (SSSR count). The lowest BCUT2D eigenvalue weighted by Gasteiger charge is -2.41. The topological polar surface area (TPSA) is 178 Å². The lowest BCUT2D eigenvalue weighted by atomic mass is 9.99. The first-order chi connectivity index (χ1) is 26.1. The average molecular weight is 797 g/mol. The normalized spacial score (nSPS) is 21.0. The summed E-state index contributed by atoms with van der Waals surface area (Å²) in [5.41, 5.74) is 0. The van der Waals surface area contributed by atoms with Crippen LogP contribution < -0.4 is 0 Å². The fourth-order valence-corrected chi connectivity index (χ4v) is 7.42. The second-order valence-electron chi connectivity index (χ2n) is 15.3. The molecule has 0 aromatic rings. The predicted molar refractivity (Wildman–Crippen MR) is 211 cm³/mol. The molecule has 0 spiro atoms. The quantitative estimate of drug-likeness (QED) is 0.0266. The van der Waals surface area contributed by atoms with Crippen LogP contribution in [-0.4, -0.2) is 97.5 Å². The Labute approximate surface area is 328 Å². The molecule has 54 heavy (non-hydrogen) atoms. The average Bonchev–Trinajstić information content (AvgIpc) is 3.14. The lowest BCUT2D eigenvalue weighted by Crippen LogP contribution is -2.60. The molecule has 6 atom stereocenters. The second-order valence-corrected chi connectivity index (χ2v) is 16.4. The Kier molecular flexibility index (Phi) is 32.3. The summed E-state index contributed by atoms with van der Waals surface area (Å²) in [5, 5.41) is 30.5. The van der Waals surface area contributed by atoms with Crippen LogP contribution in [0.1, 0.15) is 194 Å². The molecule has 0 aliphatic carbocycles. The molecule has 12 nitrogen and oxygen atoms in total. The molecule has 4 N–H and O–H groups in total. The van der Waals surface area contributed by atoms with Crippen LogP contribution in [0.3, 0.4) is 0 Å². The number of ether oxygens (including phenoxy) is 4. The first kappa shape index (κ1) is 51.1. The van der Waals surface area contributed by atoms with Gasteiger partial charge in [-0.3, -0.25) is 9.35 Å². The third-order valence-electron chi connectivity index (χ3n) is 10.2. The Morgan fingerprint density at radius 3 is 1.48 bits per heavy atom. The Balaban J connectivity index is 2.33. The molecule has 13 heteroatoms. The second kappa shape index (κ2) is 34.2. The third kappa shape index (κ3) is 27.7. The number of rotatable bonds is 38. The molecule has 0 aromatic heterocycles. The van der Waals surface area contributed by atoms with E-state index in [9.17, 15) is 28.5 Å². The Hall–Kier alpha value is -0.900. The first-order valence-electron chi connectivity index (χ1n) is 21.8. The summed E-state index contributed by atoms with van der Waals surface area (Å²) in [6.45, 7) is 3.97. The molecule has 1 aliphatic heterocycles. The monoisotopic (exact) mass is 797 g/mol. The lowest BCUT2D eigenvalue weighted by molar-refractivity contribution is -0.301. The number of carbonyl (C=O) groups excluding carboxylic acids is 1. The summed E-state index contributed by atoms with van der Waals surface area (Å²) in [6.07, 6.45) is 24.5. The van der Waals surface area contributed by atoms with Gasteiger partial charge in [-0.1, -0.05) is 174 Å². The highest BCUT2D eigenvalue weighted by Gasteiger charge is 2.48. The van der Waals surface area contributed by atoms with E-state index in [2.05, 4.69) is 18.0 Å². The molecule has 0 amide bonds. The van der Waals surface area contributed by atoms with Crippen LogP contribution in [0.5, 0.6) is 0 Å². The van der Waals surface area contributed by atoms with Crippen LogP contribution in [0.4, 0.5) is 0 Å². The summed E-state index contributed by atoms with van der Waals surface area (Å²) >= 11 is 0. The van der Waals surface area contributed by atoms with E-state index in [0.717, 1.165) is 38.5 Å². The summed E-state index contributed by atoms with van der Waals surface area (Å²) in [6, 6.07) is 0. The summed E-state index contributed by atoms with van der Waals surface area (Å²) in [7, 11) is -5.05. The smallest absolute Gasteiger partial charge is 0.397 e. The molecule has 0 saturated carbocycles. The van der Waals surface area contributed by atoms with Crippen LogP contribution >= 0.6 is 0 Å². The number of aliphatic hydroxyl groups excluding tert-OH is 3. The predicted octanol–water partition coefficient (Wildman–Crippen LogP) is 8.52. The summed E-state index contributed by atoms with van der Waals surface area (Å²) < 4.78 is 58.8. The highest BCUT2D eigenvalue weighted by atomic mass is 32.3. The van der Waals surface area contributed by atoms with Gasteiger partial charge in [-0.05, 0) is 12.8 Å². The molecule has 1 saturated heterocycles. The van der Waals surface area contributed by atoms with Crippen molar-refractivity contribution in [1.29, 1.82) is 0 Å². The molecule has 0 bridgehead atoms. The largest absolute Gasteiger partial charge is 0.457 e. The number of hydrogen-bond acceptors (Lipinski definition) is 11. The van der Waals surface area contributed by atoms with Crippen LogP contribution in [0, 0.1) is 0 Å². The van der Waals surface area contributed by atoms with Crippen molar-refractivity contribution < 1.29 is 56.2 Å². The Bertz CT molecular complexity index is 968. The van der Waals surface area contributed by atoms with Crippen molar-refractivity contribution >= 4 is 16.4 Å². The van der Waals surface area contributed by atoms with Crippen molar-refractivity contribution in [2.45, 2.75) is 230 Å². The van der Waals surface area contributed by atoms with Crippen molar-refractivity contribution in [2.24, 2.45) is 0 Å². The molecule has 322 valence electrons. The zero-order valence-electron chi connectivity index (χ0n) is 34.1. The zero-order valence-corrected chi connectivity index (χ0v) is 34.9. The van der Waals surface area contributed by atoms with Crippen LogP contribution in [-0.2, 0) is 38.3 Å². The van der Waals surface area contributed by atoms with E-state index in [-0.39, 0.29) is 19.6 Å². The van der Waals surface area contributed by atoms with Crippen molar-refractivity contribution in [3.63, 3.8) is 0 Å². The number of aliphatic hydroxyl groups is 3. The molecule has 1 aliphatic rings. The van der Waals surface area contributed by atoms with Gasteiger partial charge >= 0.3 is 16.4 Å². The molecule has 0 aromatic carbocycles.